The third-order valence-corrected chi connectivity index (χ3v) is 8.00. The van der Waals surface area contributed by atoms with Crippen molar-refractivity contribution in [3.63, 3.8) is 0 Å². The first kappa shape index (κ1) is 26.2. The number of benzene rings is 3. The number of anilines is 1. The predicted molar refractivity (Wildman–Crippen MR) is 159 cm³/mol. The molecule has 5 aromatic rings. The zero-order valence-electron chi connectivity index (χ0n) is 22.5. The highest BCUT2D eigenvalue weighted by molar-refractivity contribution is 6.31. The third-order valence-electron chi connectivity index (χ3n) is 7.77. The SMILES string of the molecule is COC(=O)[C@H]1Cc2c([nH]c3ccccc23)[C@@H](c2ccc(OC)cc2)N1CCCNc1ccnc2cc(Cl)ccc12. The summed E-state index contributed by atoms with van der Waals surface area (Å²) in [5.74, 6) is 0.571. The molecule has 2 N–H and O–H groups in total. The van der Waals surface area contributed by atoms with E-state index in [1.807, 2.05) is 48.5 Å². The molecule has 1 aliphatic heterocycles. The zero-order chi connectivity index (χ0) is 27.6. The Balaban J connectivity index is 1.32. The Labute approximate surface area is 238 Å². The van der Waals surface area contributed by atoms with Gasteiger partial charge in [-0.15, -0.1) is 0 Å². The second-order valence-corrected chi connectivity index (χ2v) is 10.5. The van der Waals surface area contributed by atoms with Gasteiger partial charge in [0.1, 0.15) is 11.8 Å². The van der Waals surface area contributed by atoms with E-state index in [0.29, 0.717) is 18.0 Å². The number of aromatic nitrogens is 2. The van der Waals surface area contributed by atoms with Crippen molar-refractivity contribution in [2.24, 2.45) is 0 Å². The molecule has 0 saturated carbocycles. The largest absolute Gasteiger partial charge is 0.497 e. The number of aromatic amines is 1. The summed E-state index contributed by atoms with van der Waals surface area (Å²) in [6, 6.07) is 23.6. The fourth-order valence-electron chi connectivity index (χ4n) is 5.87. The van der Waals surface area contributed by atoms with Crippen LogP contribution in [-0.2, 0) is 16.0 Å². The fraction of sp³-hybridized carbons (Fsp3) is 0.250. The summed E-state index contributed by atoms with van der Waals surface area (Å²) < 4.78 is 10.8. The van der Waals surface area contributed by atoms with Gasteiger partial charge in [-0.2, -0.15) is 0 Å². The maximum atomic E-state index is 13.2. The number of fused-ring (bicyclic) bond motifs is 4. The van der Waals surface area contributed by atoms with E-state index in [1.165, 1.54) is 12.7 Å². The third kappa shape index (κ3) is 4.87. The molecule has 1 aliphatic rings. The van der Waals surface area contributed by atoms with Crippen molar-refractivity contribution in [3.05, 3.63) is 101 Å². The van der Waals surface area contributed by atoms with E-state index >= 15 is 0 Å². The van der Waals surface area contributed by atoms with Crippen molar-refractivity contribution >= 4 is 45.1 Å². The van der Waals surface area contributed by atoms with Crippen LogP contribution in [0, 0.1) is 0 Å². The summed E-state index contributed by atoms with van der Waals surface area (Å²) in [6.07, 6.45) is 3.19. The van der Waals surface area contributed by atoms with Gasteiger partial charge in [0.25, 0.3) is 0 Å². The topological polar surface area (TPSA) is 79.5 Å². The highest BCUT2D eigenvalue weighted by Crippen LogP contribution is 2.41. The highest BCUT2D eigenvalue weighted by atomic mass is 35.5. The lowest BCUT2D eigenvalue weighted by Crippen LogP contribution is -2.49. The van der Waals surface area contributed by atoms with Gasteiger partial charge in [0, 0.05) is 58.4 Å². The van der Waals surface area contributed by atoms with Crippen LogP contribution in [0.25, 0.3) is 21.8 Å². The number of rotatable bonds is 8. The lowest BCUT2D eigenvalue weighted by molar-refractivity contribution is -0.148. The van der Waals surface area contributed by atoms with E-state index in [2.05, 4.69) is 44.5 Å². The van der Waals surface area contributed by atoms with Gasteiger partial charge in [0.15, 0.2) is 0 Å². The first-order chi connectivity index (χ1) is 19.6. The molecule has 3 heterocycles. The molecule has 8 heteroatoms. The number of hydrogen-bond donors (Lipinski definition) is 2. The number of H-pyrrole nitrogens is 1. The minimum atomic E-state index is -0.410. The summed E-state index contributed by atoms with van der Waals surface area (Å²) in [7, 11) is 3.13. The van der Waals surface area contributed by atoms with Crippen LogP contribution in [0.2, 0.25) is 5.02 Å². The second kappa shape index (κ2) is 11.2. The van der Waals surface area contributed by atoms with Crippen molar-refractivity contribution in [2.45, 2.75) is 24.9 Å². The number of nitrogens with one attached hydrogen (secondary N) is 2. The molecule has 0 amide bonds. The number of esters is 1. The number of carbonyl (C=O) groups excluding carboxylic acids is 1. The lowest BCUT2D eigenvalue weighted by atomic mass is 9.87. The van der Waals surface area contributed by atoms with Crippen LogP contribution in [0.5, 0.6) is 5.75 Å². The molecule has 7 nitrogen and oxygen atoms in total. The van der Waals surface area contributed by atoms with Crippen LogP contribution < -0.4 is 10.1 Å². The smallest absolute Gasteiger partial charge is 0.323 e. The molecule has 0 unspecified atom stereocenters. The van der Waals surface area contributed by atoms with Crippen LogP contribution in [0.15, 0.2) is 79.0 Å². The minimum absolute atomic E-state index is 0.143. The Morgan fingerprint density at radius 2 is 1.90 bits per heavy atom. The summed E-state index contributed by atoms with van der Waals surface area (Å²) in [4.78, 5) is 23.6. The molecule has 2 atom stereocenters. The average Bonchev–Trinajstić information content (AvgIpc) is 3.36. The Kier molecular flexibility index (Phi) is 7.32. The summed E-state index contributed by atoms with van der Waals surface area (Å²) in [6.45, 7) is 1.41. The molecule has 0 bridgehead atoms. The molecular formula is C32H31ClN4O3. The van der Waals surface area contributed by atoms with Crippen molar-refractivity contribution in [2.75, 3.05) is 32.6 Å². The van der Waals surface area contributed by atoms with Crippen LogP contribution in [0.1, 0.15) is 29.3 Å². The predicted octanol–water partition coefficient (Wildman–Crippen LogP) is 6.37. The average molecular weight is 555 g/mol. The number of halogens is 1. The standard InChI is InChI=1S/C32H31ClN4O3/c1-39-22-11-8-20(9-12-22)31-30-25(23-6-3-4-7-27(23)36-30)19-29(32(38)40-2)37(31)17-5-15-34-26-14-16-35-28-18-21(33)10-13-24(26)28/h3-4,6-14,16,18,29,31,36H,5,15,17,19H2,1-2H3,(H,34,35)/t29-,31-/m1/s1. The van der Waals surface area contributed by atoms with Gasteiger partial charge in [0.05, 0.1) is 25.8 Å². The first-order valence-corrected chi connectivity index (χ1v) is 13.8. The van der Waals surface area contributed by atoms with E-state index in [1.54, 1.807) is 13.3 Å². The van der Waals surface area contributed by atoms with Crippen LogP contribution in [0.4, 0.5) is 5.69 Å². The molecular weight excluding hydrogens is 524 g/mol. The van der Waals surface area contributed by atoms with Gasteiger partial charge in [-0.25, -0.2) is 0 Å². The van der Waals surface area contributed by atoms with Crippen LogP contribution in [-0.4, -0.2) is 54.2 Å². The Hall–Kier alpha value is -4.07. The number of hydrogen-bond acceptors (Lipinski definition) is 6. The molecule has 0 radical (unpaired) electrons. The van der Waals surface area contributed by atoms with E-state index in [-0.39, 0.29) is 12.0 Å². The van der Waals surface area contributed by atoms with Gasteiger partial charge < -0.3 is 19.8 Å². The molecule has 0 spiro atoms. The highest BCUT2D eigenvalue weighted by Gasteiger charge is 2.41. The summed E-state index contributed by atoms with van der Waals surface area (Å²) in [5.41, 5.74) is 6.31. The van der Waals surface area contributed by atoms with Gasteiger partial charge in [-0.05, 0) is 60.0 Å². The molecule has 3 aromatic carbocycles. The van der Waals surface area contributed by atoms with Crippen molar-refractivity contribution in [1.82, 2.24) is 14.9 Å². The molecule has 0 fully saturated rings. The number of nitrogens with zero attached hydrogens (tertiary/aromatic N) is 2. The van der Waals surface area contributed by atoms with E-state index in [0.717, 1.165) is 57.5 Å². The molecule has 6 rings (SSSR count). The summed E-state index contributed by atoms with van der Waals surface area (Å²) in [5, 5.41) is 6.40. The monoisotopic (exact) mass is 554 g/mol. The van der Waals surface area contributed by atoms with Crippen molar-refractivity contribution in [1.29, 1.82) is 0 Å². The number of carbonyl (C=O) groups is 1. The number of methoxy groups -OCH3 is 2. The molecule has 40 heavy (non-hydrogen) atoms. The van der Waals surface area contributed by atoms with E-state index in [9.17, 15) is 4.79 Å². The van der Waals surface area contributed by atoms with Crippen molar-refractivity contribution < 1.29 is 14.3 Å². The maximum absolute atomic E-state index is 13.2. The molecule has 204 valence electrons. The van der Waals surface area contributed by atoms with Crippen LogP contribution in [0.3, 0.4) is 0 Å². The van der Waals surface area contributed by atoms with Gasteiger partial charge in [0.2, 0.25) is 0 Å². The van der Waals surface area contributed by atoms with Crippen molar-refractivity contribution in [3.8, 4) is 5.75 Å². The van der Waals surface area contributed by atoms with E-state index < -0.39 is 6.04 Å². The van der Waals surface area contributed by atoms with E-state index in [4.69, 9.17) is 21.1 Å². The quantitative estimate of drug-likeness (QED) is 0.171. The van der Waals surface area contributed by atoms with Gasteiger partial charge in [-0.1, -0.05) is 41.9 Å². The molecule has 0 saturated heterocycles. The Bertz CT molecular complexity index is 1670. The maximum Gasteiger partial charge on any atom is 0.323 e. The number of pyridine rings is 1. The second-order valence-electron chi connectivity index (χ2n) is 10.0. The normalized spacial score (nSPS) is 17.1. The molecule has 2 aromatic heterocycles. The molecule has 0 aliphatic carbocycles. The number of ether oxygens (including phenoxy) is 2. The van der Waals surface area contributed by atoms with Gasteiger partial charge in [-0.3, -0.25) is 14.7 Å². The minimum Gasteiger partial charge on any atom is -0.497 e. The Morgan fingerprint density at radius 3 is 2.70 bits per heavy atom. The number of para-hydroxylation sites is 1. The van der Waals surface area contributed by atoms with Crippen LogP contribution >= 0.6 is 11.6 Å². The fourth-order valence-corrected chi connectivity index (χ4v) is 6.04. The zero-order valence-corrected chi connectivity index (χ0v) is 23.2. The summed E-state index contributed by atoms with van der Waals surface area (Å²) >= 11 is 6.16. The lowest BCUT2D eigenvalue weighted by Gasteiger charge is -2.41. The van der Waals surface area contributed by atoms with Gasteiger partial charge >= 0.3 is 5.97 Å². The Morgan fingerprint density at radius 1 is 1.07 bits per heavy atom. The first-order valence-electron chi connectivity index (χ1n) is 13.4.